The SMILES string of the molecule is COC(=O)c1cnc(C)nc1OCCC(C)(C)OC. The van der Waals surface area contributed by atoms with E-state index in [0.29, 0.717) is 18.9 Å². The van der Waals surface area contributed by atoms with Crippen LogP contribution in [0.15, 0.2) is 6.20 Å². The van der Waals surface area contributed by atoms with Crippen LogP contribution >= 0.6 is 0 Å². The van der Waals surface area contributed by atoms with Crippen molar-refractivity contribution in [2.45, 2.75) is 32.8 Å². The molecule has 0 saturated carbocycles. The minimum atomic E-state index is -0.513. The average Bonchev–Trinajstić information content (AvgIpc) is 2.38. The Morgan fingerprint density at radius 1 is 1.37 bits per heavy atom. The Balaban J connectivity index is 2.76. The average molecular weight is 268 g/mol. The van der Waals surface area contributed by atoms with Gasteiger partial charge in [0.15, 0.2) is 0 Å². The molecule has 0 atom stereocenters. The molecule has 0 saturated heterocycles. The third-order valence-corrected chi connectivity index (χ3v) is 2.78. The third kappa shape index (κ3) is 4.48. The van der Waals surface area contributed by atoms with Crippen LogP contribution in [0.4, 0.5) is 0 Å². The molecule has 106 valence electrons. The van der Waals surface area contributed by atoms with Gasteiger partial charge in [-0.1, -0.05) is 0 Å². The van der Waals surface area contributed by atoms with Crippen molar-refractivity contribution in [1.29, 1.82) is 0 Å². The predicted molar refractivity (Wildman–Crippen MR) is 69.3 cm³/mol. The normalized spacial score (nSPS) is 11.2. The van der Waals surface area contributed by atoms with Gasteiger partial charge in [0.2, 0.25) is 5.88 Å². The number of rotatable bonds is 6. The summed E-state index contributed by atoms with van der Waals surface area (Å²) in [6.45, 7) is 6.04. The molecular weight excluding hydrogens is 248 g/mol. The minimum Gasteiger partial charge on any atom is -0.477 e. The first-order valence-electron chi connectivity index (χ1n) is 5.99. The van der Waals surface area contributed by atoms with E-state index >= 15 is 0 Å². The molecule has 19 heavy (non-hydrogen) atoms. The number of hydrogen-bond acceptors (Lipinski definition) is 6. The molecule has 1 aromatic heterocycles. The molecule has 0 N–H and O–H groups in total. The van der Waals surface area contributed by atoms with E-state index in [1.54, 1.807) is 14.0 Å². The number of aryl methyl sites for hydroxylation is 1. The number of aromatic nitrogens is 2. The van der Waals surface area contributed by atoms with E-state index in [0.717, 1.165) is 0 Å². The van der Waals surface area contributed by atoms with E-state index < -0.39 is 5.97 Å². The maximum atomic E-state index is 11.6. The Bertz CT molecular complexity index is 446. The van der Waals surface area contributed by atoms with Crippen LogP contribution in [0.5, 0.6) is 5.88 Å². The summed E-state index contributed by atoms with van der Waals surface area (Å²) < 4.78 is 15.5. The maximum Gasteiger partial charge on any atom is 0.344 e. The van der Waals surface area contributed by atoms with Crippen LogP contribution in [0, 0.1) is 6.92 Å². The fourth-order valence-corrected chi connectivity index (χ4v) is 1.30. The Morgan fingerprint density at radius 3 is 2.63 bits per heavy atom. The van der Waals surface area contributed by atoms with Gasteiger partial charge in [0.05, 0.1) is 19.3 Å². The van der Waals surface area contributed by atoms with Crippen molar-refractivity contribution in [1.82, 2.24) is 9.97 Å². The number of methoxy groups -OCH3 is 2. The number of carbonyl (C=O) groups is 1. The number of hydrogen-bond donors (Lipinski definition) is 0. The topological polar surface area (TPSA) is 70.5 Å². The third-order valence-electron chi connectivity index (χ3n) is 2.78. The van der Waals surface area contributed by atoms with Gasteiger partial charge < -0.3 is 14.2 Å². The molecule has 1 heterocycles. The Hall–Kier alpha value is -1.69. The van der Waals surface area contributed by atoms with Gasteiger partial charge in [-0.2, -0.15) is 4.98 Å². The molecule has 0 aliphatic carbocycles. The molecule has 0 fully saturated rings. The fraction of sp³-hybridized carbons (Fsp3) is 0.615. The van der Waals surface area contributed by atoms with Gasteiger partial charge in [0, 0.05) is 19.7 Å². The zero-order valence-electron chi connectivity index (χ0n) is 12.0. The summed E-state index contributed by atoms with van der Waals surface area (Å²) in [6, 6.07) is 0. The van der Waals surface area contributed by atoms with Crippen molar-refractivity contribution in [3.8, 4) is 5.88 Å². The molecule has 1 aromatic rings. The highest BCUT2D eigenvalue weighted by Crippen LogP contribution is 2.18. The summed E-state index contributed by atoms with van der Waals surface area (Å²) in [5.74, 6) is 0.265. The molecular formula is C13H20N2O4. The highest BCUT2D eigenvalue weighted by Gasteiger charge is 2.19. The molecule has 6 heteroatoms. The smallest absolute Gasteiger partial charge is 0.344 e. The monoisotopic (exact) mass is 268 g/mol. The Morgan fingerprint density at radius 2 is 2.05 bits per heavy atom. The summed E-state index contributed by atoms with van der Waals surface area (Å²) in [6.07, 6.45) is 2.08. The molecule has 0 aliphatic heterocycles. The second-order valence-corrected chi connectivity index (χ2v) is 4.69. The van der Waals surface area contributed by atoms with Crippen molar-refractivity contribution in [3.05, 3.63) is 17.6 Å². The number of carbonyl (C=O) groups excluding carboxylic acids is 1. The van der Waals surface area contributed by atoms with Gasteiger partial charge in [-0.3, -0.25) is 0 Å². The second kappa shape index (κ2) is 6.47. The Kier molecular flexibility index (Phi) is 5.23. The van der Waals surface area contributed by atoms with Crippen LogP contribution in [-0.2, 0) is 9.47 Å². The van der Waals surface area contributed by atoms with Crippen LogP contribution in [0.3, 0.4) is 0 Å². The second-order valence-electron chi connectivity index (χ2n) is 4.69. The molecule has 0 bridgehead atoms. The zero-order chi connectivity index (χ0) is 14.5. The van der Waals surface area contributed by atoms with Crippen LogP contribution in [-0.4, -0.2) is 42.4 Å². The summed E-state index contributed by atoms with van der Waals surface area (Å²) >= 11 is 0. The minimum absolute atomic E-state index is 0.225. The van der Waals surface area contributed by atoms with Crippen molar-refractivity contribution >= 4 is 5.97 Å². The van der Waals surface area contributed by atoms with E-state index in [4.69, 9.17) is 9.47 Å². The first-order chi connectivity index (χ1) is 8.89. The summed E-state index contributed by atoms with van der Waals surface area (Å²) in [4.78, 5) is 19.6. The lowest BCUT2D eigenvalue weighted by atomic mass is 10.1. The Labute approximate surface area is 113 Å². The summed E-state index contributed by atoms with van der Waals surface area (Å²) in [5.41, 5.74) is -0.0589. The summed E-state index contributed by atoms with van der Waals surface area (Å²) in [7, 11) is 2.95. The highest BCUT2D eigenvalue weighted by molar-refractivity contribution is 5.91. The molecule has 0 spiro atoms. The predicted octanol–water partition coefficient (Wildman–Crippen LogP) is 1.77. The van der Waals surface area contributed by atoms with Gasteiger partial charge in [0.1, 0.15) is 11.4 Å². The number of nitrogens with zero attached hydrogens (tertiary/aromatic N) is 2. The highest BCUT2D eigenvalue weighted by atomic mass is 16.5. The molecule has 0 aliphatic rings. The van der Waals surface area contributed by atoms with Gasteiger partial charge in [-0.05, 0) is 20.8 Å². The summed E-state index contributed by atoms with van der Waals surface area (Å²) in [5, 5.41) is 0. The van der Waals surface area contributed by atoms with Crippen LogP contribution in [0.25, 0.3) is 0 Å². The van der Waals surface area contributed by atoms with Crippen molar-refractivity contribution < 1.29 is 19.0 Å². The standard InChI is InChI=1S/C13H20N2O4/c1-9-14-8-10(12(16)17-4)11(15-9)19-7-6-13(2,3)18-5/h8H,6-7H2,1-5H3. The largest absolute Gasteiger partial charge is 0.477 e. The lowest BCUT2D eigenvalue weighted by Gasteiger charge is -2.22. The van der Waals surface area contributed by atoms with Crippen LogP contribution in [0.2, 0.25) is 0 Å². The van der Waals surface area contributed by atoms with E-state index in [1.165, 1.54) is 13.3 Å². The molecule has 6 nitrogen and oxygen atoms in total. The van der Waals surface area contributed by atoms with E-state index in [1.807, 2.05) is 13.8 Å². The molecule has 0 amide bonds. The first kappa shape index (κ1) is 15.4. The molecule has 0 aromatic carbocycles. The van der Waals surface area contributed by atoms with E-state index in [-0.39, 0.29) is 17.0 Å². The van der Waals surface area contributed by atoms with E-state index in [9.17, 15) is 4.79 Å². The van der Waals surface area contributed by atoms with Crippen molar-refractivity contribution in [2.75, 3.05) is 20.8 Å². The van der Waals surface area contributed by atoms with Gasteiger partial charge >= 0.3 is 5.97 Å². The molecule has 1 rings (SSSR count). The van der Waals surface area contributed by atoms with Gasteiger partial charge in [-0.25, -0.2) is 9.78 Å². The number of esters is 1. The van der Waals surface area contributed by atoms with Crippen LogP contribution in [0.1, 0.15) is 36.5 Å². The van der Waals surface area contributed by atoms with Gasteiger partial charge in [0.25, 0.3) is 0 Å². The zero-order valence-corrected chi connectivity index (χ0v) is 12.0. The van der Waals surface area contributed by atoms with Crippen molar-refractivity contribution in [2.24, 2.45) is 0 Å². The maximum absolute atomic E-state index is 11.6. The lowest BCUT2D eigenvalue weighted by molar-refractivity contribution is 0.00494. The van der Waals surface area contributed by atoms with Crippen molar-refractivity contribution in [3.63, 3.8) is 0 Å². The van der Waals surface area contributed by atoms with Crippen LogP contribution < -0.4 is 4.74 Å². The first-order valence-corrected chi connectivity index (χ1v) is 5.99. The van der Waals surface area contributed by atoms with E-state index in [2.05, 4.69) is 14.7 Å². The molecule has 0 unspecified atom stereocenters. The van der Waals surface area contributed by atoms with Gasteiger partial charge in [-0.15, -0.1) is 0 Å². The quantitative estimate of drug-likeness (QED) is 0.732. The number of ether oxygens (including phenoxy) is 3. The lowest BCUT2D eigenvalue weighted by Crippen LogP contribution is -2.25. The fourth-order valence-electron chi connectivity index (χ4n) is 1.30. The molecule has 0 radical (unpaired) electrons.